The molecule has 0 saturated carbocycles. The van der Waals surface area contributed by atoms with Crippen LogP contribution in [0.1, 0.15) is 13.3 Å². The maximum atomic E-state index is 10.4. The smallest absolute Gasteiger partial charge is 0.335 e. The van der Waals surface area contributed by atoms with Crippen molar-refractivity contribution in [3.8, 4) is 0 Å². The summed E-state index contributed by atoms with van der Waals surface area (Å²) in [4.78, 5) is 10.4. The van der Waals surface area contributed by atoms with Crippen molar-refractivity contribution in [2.45, 2.75) is 13.3 Å². The summed E-state index contributed by atoms with van der Waals surface area (Å²) in [5.41, 5.74) is 2.88. The molecule has 0 aromatic heterocycles. The number of allylic oxidation sites excluding steroid dienone is 1. The molecule has 0 amide bonds. The summed E-state index contributed by atoms with van der Waals surface area (Å²) in [5, 5.41) is 12.3. The fourth-order valence-electron chi connectivity index (χ4n) is 0.573. The second kappa shape index (κ2) is 7.09. The van der Waals surface area contributed by atoms with Crippen molar-refractivity contribution >= 4 is 12.2 Å². The summed E-state index contributed by atoms with van der Waals surface area (Å²) in [6, 6.07) is 0. The van der Waals surface area contributed by atoms with Crippen molar-refractivity contribution in [2.24, 2.45) is 5.10 Å². The number of carbonyl (C=O) groups is 1. The summed E-state index contributed by atoms with van der Waals surface area (Å²) < 4.78 is 0. The van der Waals surface area contributed by atoms with Crippen LogP contribution in [0, 0.1) is 0 Å². The van der Waals surface area contributed by atoms with E-state index in [4.69, 9.17) is 5.11 Å². The van der Waals surface area contributed by atoms with E-state index in [0.717, 1.165) is 13.0 Å². The highest BCUT2D eigenvalue weighted by Crippen LogP contribution is 1.92. The number of hydrazone groups is 1. The van der Waals surface area contributed by atoms with Gasteiger partial charge in [0.25, 0.3) is 0 Å². The molecule has 4 heteroatoms. The van der Waals surface area contributed by atoms with Gasteiger partial charge in [0.2, 0.25) is 0 Å². The van der Waals surface area contributed by atoms with Gasteiger partial charge in [-0.25, -0.2) is 4.79 Å². The van der Waals surface area contributed by atoms with Gasteiger partial charge in [0, 0.05) is 12.8 Å². The van der Waals surface area contributed by atoms with E-state index in [9.17, 15) is 4.79 Å². The second-order valence-electron chi connectivity index (χ2n) is 2.32. The second-order valence-corrected chi connectivity index (χ2v) is 2.32. The van der Waals surface area contributed by atoms with Crippen LogP contribution >= 0.6 is 0 Å². The molecular weight excluding hydrogens is 168 g/mol. The number of carboxylic acid groups (broad SMARTS) is 1. The lowest BCUT2D eigenvalue weighted by atomic mass is 10.2. The highest BCUT2D eigenvalue weighted by Gasteiger charge is 1.98. The quantitative estimate of drug-likeness (QED) is 0.213. The number of nitrogens with one attached hydrogen (secondary N) is 1. The van der Waals surface area contributed by atoms with Crippen LogP contribution in [-0.2, 0) is 4.79 Å². The molecule has 4 nitrogen and oxygen atoms in total. The van der Waals surface area contributed by atoms with Gasteiger partial charge in [0.1, 0.15) is 0 Å². The van der Waals surface area contributed by atoms with Crippen LogP contribution in [0.5, 0.6) is 0 Å². The van der Waals surface area contributed by atoms with Crippen LogP contribution in [-0.4, -0.2) is 23.8 Å². The molecule has 0 aliphatic heterocycles. The van der Waals surface area contributed by atoms with Crippen molar-refractivity contribution < 1.29 is 9.90 Å². The largest absolute Gasteiger partial charge is 0.478 e. The number of carboxylic acids is 1. The Balaban J connectivity index is 3.99. The van der Waals surface area contributed by atoms with E-state index in [0.29, 0.717) is 0 Å². The van der Waals surface area contributed by atoms with Gasteiger partial charge >= 0.3 is 5.97 Å². The summed E-state index contributed by atoms with van der Waals surface area (Å²) in [7, 11) is 0. The Morgan fingerprint density at radius 3 is 2.85 bits per heavy atom. The normalized spacial score (nSPS) is 11.6. The van der Waals surface area contributed by atoms with Crippen LogP contribution in [0.15, 0.2) is 29.4 Å². The van der Waals surface area contributed by atoms with E-state index < -0.39 is 5.97 Å². The Bertz CT molecular complexity index is 232. The average molecular weight is 182 g/mol. The third-order valence-electron chi connectivity index (χ3n) is 1.25. The molecule has 13 heavy (non-hydrogen) atoms. The summed E-state index contributed by atoms with van der Waals surface area (Å²) in [6.07, 6.45) is 5.04. The zero-order valence-corrected chi connectivity index (χ0v) is 7.66. The topological polar surface area (TPSA) is 61.7 Å². The molecule has 0 spiro atoms. The molecule has 0 heterocycles. The molecule has 2 N–H and O–H groups in total. The first-order valence-corrected chi connectivity index (χ1v) is 4.04. The van der Waals surface area contributed by atoms with E-state index in [2.05, 4.69) is 17.1 Å². The third-order valence-corrected chi connectivity index (χ3v) is 1.25. The number of hydrogen-bond acceptors (Lipinski definition) is 3. The first-order valence-electron chi connectivity index (χ1n) is 4.04. The van der Waals surface area contributed by atoms with E-state index >= 15 is 0 Å². The van der Waals surface area contributed by atoms with Crippen molar-refractivity contribution in [3.63, 3.8) is 0 Å². The Hall–Kier alpha value is -1.58. The number of nitrogens with zero attached hydrogens (tertiary/aromatic N) is 1. The minimum absolute atomic E-state index is 0.127. The maximum Gasteiger partial charge on any atom is 0.335 e. The Morgan fingerprint density at radius 2 is 2.38 bits per heavy atom. The van der Waals surface area contributed by atoms with E-state index in [1.54, 1.807) is 0 Å². The molecule has 0 aromatic rings. The van der Waals surface area contributed by atoms with Crippen molar-refractivity contribution in [2.75, 3.05) is 6.54 Å². The number of rotatable bonds is 6. The van der Waals surface area contributed by atoms with E-state index in [1.807, 2.05) is 6.92 Å². The van der Waals surface area contributed by atoms with Gasteiger partial charge in [-0.05, 0) is 12.5 Å². The monoisotopic (exact) mass is 182 g/mol. The highest BCUT2D eigenvalue weighted by atomic mass is 16.4. The molecular formula is C9H14N2O2. The lowest BCUT2D eigenvalue weighted by molar-refractivity contribution is -0.132. The molecule has 0 aromatic carbocycles. The van der Waals surface area contributed by atoms with Crippen LogP contribution in [0.3, 0.4) is 0 Å². The number of hydrogen-bond donors (Lipinski definition) is 2. The predicted octanol–water partition coefficient (Wildman–Crippen LogP) is 1.17. The summed E-state index contributed by atoms with van der Waals surface area (Å²) in [6.45, 7) is 6.16. The van der Waals surface area contributed by atoms with Crippen LogP contribution in [0.4, 0.5) is 0 Å². The molecule has 0 bridgehead atoms. The SMILES string of the molecule is C=C/C(=C\C=N/NCCC)C(=O)O. The maximum absolute atomic E-state index is 10.4. The summed E-state index contributed by atoms with van der Waals surface area (Å²) in [5.74, 6) is -1.00. The van der Waals surface area contributed by atoms with Crippen molar-refractivity contribution in [1.29, 1.82) is 0 Å². The van der Waals surface area contributed by atoms with Crippen LogP contribution in [0.2, 0.25) is 0 Å². The van der Waals surface area contributed by atoms with Gasteiger partial charge in [0.15, 0.2) is 0 Å². The lowest BCUT2D eigenvalue weighted by Gasteiger charge is -1.93. The molecule has 0 rings (SSSR count). The molecule has 0 atom stereocenters. The van der Waals surface area contributed by atoms with Gasteiger partial charge in [-0.1, -0.05) is 19.6 Å². The first-order chi connectivity index (χ1) is 6.22. The molecule has 72 valence electrons. The minimum Gasteiger partial charge on any atom is -0.478 e. The molecule has 0 aliphatic carbocycles. The van der Waals surface area contributed by atoms with E-state index in [-0.39, 0.29) is 5.57 Å². The zero-order valence-electron chi connectivity index (χ0n) is 7.66. The molecule has 0 aliphatic rings. The van der Waals surface area contributed by atoms with Gasteiger partial charge < -0.3 is 10.5 Å². The van der Waals surface area contributed by atoms with Gasteiger partial charge in [-0.3, -0.25) is 0 Å². The third kappa shape index (κ3) is 5.66. The minimum atomic E-state index is -1.00. The average Bonchev–Trinajstić information content (AvgIpc) is 2.10. The molecule has 0 radical (unpaired) electrons. The Morgan fingerprint density at radius 1 is 1.69 bits per heavy atom. The van der Waals surface area contributed by atoms with Crippen molar-refractivity contribution in [3.05, 3.63) is 24.3 Å². The van der Waals surface area contributed by atoms with Crippen LogP contribution < -0.4 is 5.43 Å². The molecule has 0 saturated heterocycles. The molecule has 0 fully saturated rings. The highest BCUT2D eigenvalue weighted by molar-refractivity contribution is 5.94. The summed E-state index contributed by atoms with van der Waals surface area (Å²) >= 11 is 0. The lowest BCUT2D eigenvalue weighted by Crippen LogP contribution is -2.05. The van der Waals surface area contributed by atoms with Gasteiger partial charge in [-0.2, -0.15) is 5.10 Å². The standard InChI is InChI=1S/C9H14N2O2/c1-3-6-10-11-7-5-8(4-2)9(12)13/h4-5,7,10H,2-3,6H2,1H3,(H,12,13)/b8-5+,11-7-. The Kier molecular flexibility index (Phi) is 6.23. The first kappa shape index (κ1) is 11.4. The zero-order chi connectivity index (χ0) is 10.1. The van der Waals surface area contributed by atoms with Gasteiger partial charge in [0.05, 0.1) is 5.57 Å². The van der Waals surface area contributed by atoms with Crippen LogP contribution in [0.25, 0.3) is 0 Å². The Labute approximate surface area is 77.7 Å². The van der Waals surface area contributed by atoms with Gasteiger partial charge in [-0.15, -0.1) is 0 Å². The fourth-order valence-corrected chi connectivity index (χ4v) is 0.573. The predicted molar refractivity (Wildman–Crippen MR) is 52.7 cm³/mol. The number of aliphatic carboxylic acids is 1. The van der Waals surface area contributed by atoms with E-state index in [1.165, 1.54) is 18.4 Å². The fraction of sp³-hybridized carbons (Fsp3) is 0.333. The molecule has 0 unspecified atom stereocenters. The van der Waals surface area contributed by atoms with Crippen molar-refractivity contribution in [1.82, 2.24) is 5.43 Å².